The van der Waals surface area contributed by atoms with E-state index in [1.54, 1.807) is 17.0 Å². The monoisotopic (exact) mass is 944 g/mol. The number of ether oxygens (including phenoxy) is 3. The van der Waals surface area contributed by atoms with Crippen molar-refractivity contribution < 1.29 is 53.2 Å². The third-order valence-corrected chi connectivity index (χ3v) is 12.6. The number of likely N-dealkylation sites (tertiary alicyclic amines) is 2. The highest BCUT2D eigenvalue weighted by Gasteiger charge is 2.29. The zero-order chi connectivity index (χ0) is 50.2. The van der Waals surface area contributed by atoms with E-state index in [1.807, 2.05) is 65.6 Å². The lowest BCUT2D eigenvalue weighted by Crippen LogP contribution is -2.40. The summed E-state index contributed by atoms with van der Waals surface area (Å²) in [5.41, 5.74) is 5.36. The van der Waals surface area contributed by atoms with E-state index in [2.05, 4.69) is 51.6 Å². The number of benzene rings is 3. The van der Waals surface area contributed by atoms with E-state index in [0.29, 0.717) is 80.7 Å². The number of esters is 2. The molecule has 2 amide bonds. The van der Waals surface area contributed by atoms with Gasteiger partial charge in [0.2, 0.25) is 0 Å². The number of carboxylic acid groups (broad SMARTS) is 2. The SMILES string of the molecule is C1CCOC1.CC(C)c1ccc(C(=O)N2CCC(C(=O)O)CC2)cc1.CC(C)c1ccc(C(=O)O)cc1.COC(=O)C1CCN(C(=O)c2ccc(C(C)C)cc2)CC1.COC(=O)C1CCNCC1. The first-order valence-electron chi connectivity index (χ1n) is 24.3. The molecule has 0 spiro atoms. The van der Waals surface area contributed by atoms with Crippen LogP contribution in [0.1, 0.15) is 158 Å². The molecule has 3 aromatic rings. The zero-order valence-corrected chi connectivity index (χ0v) is 41.7. The minimum absolute atomic E-state index is 0.00384. The van der Waals surface area contributed by atoms with Crippen LogP contribution in [0.2, 0.25) is 0 Å². The predicted octanol–water partition coefficient (Wildman–Crippen LogP) is 9.05. The molecule has 4 aliphatic rings. The van der Waals surface area contributed by atoms with E-state index in [0.717, 1.165) is 44.7 Å². The molecular weight excluding hydrogens is 867 g/mol. The van der Waals surface area contributed by atoms with Crippen LogP contribution in [-0.4, -0.2) is 122 Å². The Morgan fingerprint density at radius 3 is 1.12 bits per heavy atom. The normalized spacial score (nSPS) is 16.4. The van der Waals surface area contributed by atoms with Gasteiger partial charge in [0, 0.05) is 50.5 Å². The van der Waals surface area contributed by atoms with Crippen LogP contribution in [0.3, 0.4) is 0 Å². The smallest absolute Gasteiger partial charge is 0.335 e. The van der Waals surface area contributed by atoms with Crippen LogP contribution in [-0.2, 0) is 28.6 Å². The van der Waals surface area contributed by atoms with Gasteiger partial charge >= 0.3 is 23.9 Å². The highest BCUT2D eigenvalue weighted by atomic mass is 16.5. The summed E-state index contributed by atoms with van der Waals surface area (Å²) >= 11 is 0. The van der Waals surface area contributed by atoms with Crippen molar-refractivity contribution in [2.75, 3.05) is 66.7 Å². The van der Waals surface area contributed by atoms with Crippen LogP contribution in [0.5, 0.6) is 0 Å². The van der Waals surface area contributed by atoms with Crippen LogP contribution in [0.4, 0.5) is 0 Å². The van der Waals surface area contributed by atoms with Crippen molar-refractivity contribution in [3.8, 4) is 0 Å². The molecule has 0 aliphatic carbocycles. The molecule has 374 valence electrons. The van der Waals surface area contributed by atoms with E-state index in [1.165, 1.54) is 43.8 Å². The molecule has 68 heavy (non-hydrogen) atoms. The fourth-order valence-corrected chi connectivity index (χ4v) is 7.95. The van der Waals surface area contributed by atoms with Crippen molar-refractivity contribution in [3.63, 3.8) is 0 Å². The molecule has 0 bridgehead atoms. The standard InChI is InChI=1S/C17H23NO3.C16H21NO3.C10H12O2.C7H13NO2.C4H8O/c1-12(2)13-4-6-14(7-5-13)16(19)18-10-8-15(9-11-18)17(20)21-3;1-11(2)12-3-5-13(6-4-12)15(18)17-9-7-14(8-10-17)16(19)20;1-7(2)8-3-5-9(6-4-8)10(11)12;1-10-7(9)6-2-4-8-5-3-6;1-2-4-5-3-1/h4-7,12,15H,8-11H2,1-3H3;3-6,11,14H,7-10H2,1-2H3,(H,19,20);3-7H,1-2H3,(H,11,12);6,8H,2-5H2,1H3;1-4H2. The third kappa shape index (κ3) is 19.2. The number of methoxy groups -OCH3 is 2. The first-order chi connectivity index (χ1) is 32.5. The average molecular weight is 944 g/mol. The number of nitrogens with zero attached hydrogens (tertiary/aromatic N) is 2. The fraction of sp³-hybridized carbons (Fsp3) is 0.556. The van der Waals surface area contributed by atoms with E-state index in [-0.39, 0.29) is 41.5 Å². The summed E-state index contributed by atoms with van der Waals surface area (Å²) in [6.07, 6.45) is 6.86. The van der Waals surface area contributed by atoms with Crippen molar-refractivity contribution in [1.29, 1.82) is 0 Å². The lowest BCUT2D eigenvalue weighted by molar-refractivity contribution is -0.147. The second-order valence-electron chi connectivity index (χ2n) is 18.5. The molecule has 0 radical (unpaired) electrons. The number of piperidine rings is 3. The Hall–Kier alpha value is -5.60. The van der Waals surface area contributed by atoms with E-state index >= 15 is 0 Å². The number of amides is 2. The Kier molecular flexibility index (Phi) is 25.0. The average Bonchev–Trinajstić information content (AvgIpc) is 3.97. The second-order valence-corrected chi connectivity index (χ2v) is 18.5. The van der Waals surface area contributed by atoms with Gasteiger partial charge in [-0.15, -0.1) is 0 Å². The molecule has 14 nitrogen and oxygen atoms in total. The molecule has 7 rings (SSSR count). The van der Waals surface area contributed by atoms with Crippen LogP contribution < -0.4 is 5.32 Å². The summed E-state index contributed by atoms with van der Waals surface area (Å²) < 4.78 is 14.3. The van der Waals surface area contributed by atoms with Gasteiger partial charge in [-0.1, -0.05) is 77.9 Å². The molecular formula is C54H77N3O11. The van der Waals surface area contributed by atoms with Gasteiger partial charge in [0.15, 0.2) is 0 Å². The maximum absolute atomic E-state index is 12.4. The molecule has 4 aliphatic heterocycles. The van der Waals surface area contributed by atoms with Gasteiger partial charge in [-0.3, -0.25) is 24.0 Å². The number of carbonyl (C=O) groups is 6. The molecule has 0 atom stereocenters. The number of aliphatic carboxylic acids is 1. The first-order valence-corrected chi connectivity index (χ1v) is 24.3. The Morgan fingerprint density at radius 2 is 0.838 bits per heavy atom. The van der Waals surface area contributed by atoms with Gasteiger partial charge < -0.3 is 39.5 Å². The van der Waals surface area contributed by atoms with E-state index in [9.17, 15) is 28.8 Å². The van der Waals surface area contributed by atoms with Crippen LogP contribution in [0, 0.1) is 17.8 Å². The number of nitrogens with one attached hydrogen (secondary N) is 1. The minimum Gasteiger partial charge on any atom is -0.481 e. The number of carboxylic acids is 2. The van der Waals surface area contributed by atoms with Crippen LogP contribution >= 0.6 is 0 Å². The molecule has 3 aromatic carbocycles. The number of rotatable bonds is 9. The Bertz CT molecular complexity index is 1980. The Labute approximate surface area is 404 Å². The summed E-state index contributed by atoms with van der Waals surface area (Å²) in [5, 5.41) is 20.8. The van der Waals surface area contributed by atoms with Gasteiger partial charge in [0.25, 0.3) is 11.8 Å². The van der Waals surface area contributed by atoms with Crippen molar-refractivity contribution in [1.82, 2.24) is 15.1 Å². The number of carbonyl (C=O) groups excluding carboxylic acids is 4. The maximum Gasteiger partial charge on any atom is 0.335 e. The van der Waals surface area contributed by atoms with Crippen LogP contribution in [0.25, 0.3) is 0 Å². The van der Waals surface area contributed by atoms with Crippen molar-refractivity contribution in [2.45, 2.75) is 111 Å². The summed E-state index contributed by atoms with van der Waals surface area (Å²) in [6, 6.07) is 22.5. The van der Waals surface area contributed by atoms with Gasteiger partial charge in [-0.25, -0.2) is 4.79 Å². The summed E-state index contributed by atoms with van der Waals surface area (Å²) in [6.45, 7) is 18.8. The van der Waals surface area contributed by atoms with E-state index in [4.69, 9.17) is 19.7 Å². The topological polar surface area (TPSA) is 189 Å². The van der Waals surface area contributed by atoms with Gasteiger partial charge in [0.05, 0.1) is 37.5 Å². The molecule has 0 aromatic heterocycles. The number of aromatic carboxylic acids is 1. The molecule has 4 saturated heterocycles. The largest absolute Gasteiger partial charge is 0.481 e. The second kappa shape index (κ2) is 30.0. The van der Waals surface area contributed by atoms with E-state index < -0.39 is 11.9 Å². The molecule has 4 heterocycles. The van der Waals surface area contributed by atoms with Crippen molar-refractivity contribution in [2.24, 2.45) is 17.8 Å². The van der Waals surface area contributed by atoms with Gasteiger partial charge in [-0.2, -0.15) is 0 Å². The molecule has 0 unspecified atom stereocenters. The summed E-state index contributed by atoms with van der Waals surface area (Å²) in [5.74, 6) is -0.648. The minimum atomic E-state index is -0.870. The maximum atomic E-state index is 12.4. The lowest BCUT2D eigenvalue weighted by atomic mass is 9.96. The first kappa shape index (κ1) is 56.7. The molecule has 4 fully saturated rings. The summed E-state index contributed by atoms with van der Waals surface area (Å²) in [4.78, 5) is 72.1. The Morgan fingerprint density at radius 1 is 0.515 bits per heavy atom. The third-order valence-electron chi connectivity index (χ3n) is 12.6. The Balaban J connectivity index is 0.000000240. The van der Waals surface area contributed by atoms with Gasteiger partial charge in [-0.05, 0) is 135 Å². The fourth-order valence-electron chi connectivity index (χ4n) is 7.95. The van der Waals surface area contributed by atoms with Crippen molar-refractivity contribution >= 4 is 35.7 Å². The predicted molar refractivity (Wildman–Crippen MR) is 263 cm³/mol. The highest BCUT2D eigenvalue weighted by Crippen LogP contribution is 2.23. The van der Waals surface area contributed by atoms with Gasteiger partial charge in [0.1, 0.15) is 0 Å². The zero-order valence-electron chi connectivity index (χ0n) is 41.7. The molecule has 0 saturated carbocycles. The quantitative estimate of drug-likeness (QED) is 0.173. The lowest BCUT2D eigenvalue weighted by Gasteiger charge is -2.30. The number of hydrogen-bond donors (Lipinski definition) is 3. The highest BCUT2D eigenvalue weighted by molar-refractivity contribution is 5.95. The van der Waals surface area contributed by atoms with Crippen molar-refractivity contribution in [3.05, 3.63) is 106 Å². The molecule has 14 heteroatoms. The summed E-state index contributed by atoms with van der Waals surface area (Å²) in [7, 11) is 2.86. The number of hydrogen-bond acceptors (Lipinski definition) is 10. The van der Waals surface area contributed by atoms with Crippen LogP contribution in [0.15, 0.2) is 72.8 Å². The molecule has 3 N–H and O–H groups in total.